The predicted molar refractivity (Wildman–Crippen MR) is 77.8 cm³/mol. The van der Waals surface area contributed by atoms with Crippen LogP contribution in [-0.2, 0) is 0 Å². The van der Waals surface area contributed by atoms with Crippen LogP contribution in [0.2, 0.25) is 0 Å². The third kappa shape index (κ3) is 2.66. The van der Waals surface area contributed by atoms with E-state index < -0.39 is 0 Å². The molecule has 0 aromatic carbocycles. The molecule has 1 aromatic heterocycles. The summed E-state index contributed by atoms with van der Waals surface area (Å²) >= 11 is 0. The smallest absolute Gasteiger partial charge is 0.227 e. The van der Waals surface area contributed by atoms with Gasteiger partial charge in [-0.3, -0.25) is 0 Å². The zero-order valence-electron chi connectivity index (χ0n) is 11.9. The Morgan fingerprint density at radius 1 is 1.16 bits per heavy atom. The van der Waals surface area contributed by atoms with Crippen molar-refractivity contribution in [1.29, 1.82) is 0 Å². The summed E-state index contributed by atoms with van der Waals surface area (Å²) in [5.74, 6) is 1.98. The summed E-state index contributed by atoms with van der Waals surface area (Å²) in [7, 11) is 2.17. The minimum Gasteiger partial charge on any atom is -0.354 e. The standard InChI is InChI=1S/C14H23N5/c1-12-4-3-7-19(12)13-5-6-15-14(16-13)18-10-8-17(2)9-11-18/h5-6,12H,3-4,7-11H2,1-2H3. The fraction of sp³-hybridized carbons (Fsp3) is 0.714. The van der Waals surface area contributed by atoms with Crippen LogP contribution in [0.25, 0.3) is 0 Å². The highest BCUT2D eigenvalue weighted by Gasteiger charge is 2.23. The van der Waals surface area contributed by atoms with E-state index in [1.165, 1.54) is 12.8 Å². The minimum absolute atomic E-state index is 0.607. The molecule has 0 radical (unpaired) electrons. The fourth-order valence-electron chi connectivity index (χ4n) is 2.93. The lowest BCUT2D eigenvalue weighted by molar-refractivity contribution is 0.311. The highest BCUT2D eigenvalue weighted by molar-refractivity contribution is 5.45. The first kappa shape index (κ1) is 12.7. The van der Waals surface area contributed by atoms with Crippen LogP contribution in [0, 0.1) is 0 Å². The van der Waals surface area contributed by atoms with Gasteiger partial charge in [0.15, 0.2) is 0 Å². The third-order valence-electron chi connectivity index (χ3n) is 4.26. The van der Waals surface area contributed by atoms with E-state index in [2.05, 4.69) is 33.7 Å². The van der Waals surface area contributed by atoms with Crippen molar-refractivity contribution < 1.29 is 0 Å². The molecule has 3 rings (SSSR count). The molecule has 2 saturated heterocycles. The van der Waals surface area contributed by atoms with Crippen molar-refractivity contribution in [3.05, 3.63) is 12.3 Å². The van der Waals surface area contributed by atoms with Crippen molar-refractivity contribution >= 4 is 11.8 Å². The highest BCUT2D eigenvalue weighted by Crippen LogP contribution is 2.24. The molecule has 0 N–H and O–H groups in total. The van der Waals surface area contributed by atoms with Crippen LogP contribution in [0.4, 0.5) is 11.8 Å². The number of rotatable bonds is 2. The predicted octanol–water partition coefficient (Wildman–Crippen LogP) is 1.22. The second kappa shape index (κ2) is 5.33. The average Bonchev–Trinajstić information content (AvgIpc) is 2.86. The normalized spacial score (nSPS) is 25.1. The molecule has 5 nitrogen and oxygen atoms in total. The monoisotopic (exact) mass is 261 g/mol. The Hall–Kier alpha value is -1.36. The second-order valence-electron chi connectivity index (χ2n) is 5.69. The molecule has 104 valence electrons. The molecule has 0 amide bonds. The quantitative estimate of drug-likeness (QED) is 0.800. The third-order valence-corrected chi connectivity index (χ3v) is 4.26. The Kier molecular flexibility index (Phi) is 3.55. The first-order valence-electron chi connectivity index (χ1n) is 7.27. The van der Waals surface area contributed by atoms with Crippen LogP contribution in [0.3, 0.4) is 0 Å². The van der Waals surface area contributed by atoms with Gasteiger partial charge in [0.2, 0.25) is 5.95 Å². The summed E-state index contributed by atoms with van der Waals surface area (Å²) in [6, 6.07) is 2.65. The van der Waals surface area contributed by atoms with Crippen molar-refractivity contribution in [2.24, 2.45) is 0 Å². The van der Waals surface area contributed by atoms with Gasteiger partial charge in [0.1, 0.15) is 5.82 Å². The van der Waals surface area contributed by atoms with Crippen LogP contribution in [0.15, 0.2) is 12.3 Å². The zero-order valence-corrected chi connectivity index (χ0v) is 11.9. The van der Waals surface area contributed by atoms with Crippen molar-refractivity contribution in [3.63, 3.8) is 0 Å². The van der Waals surface area contributed by atoms with E-state index in [0.717, 1.165) is 44.5 Å². The van der Waals surface area contributed by atoms with Gasteiger partial charge >= 0.3 is 0 Å². The molecular weight excluding hydrogens is 238 g/mol. The SMILES string of the molecule is CC1CCCN1c1ccnc(N2CCN(C)CC2)n1. The maximum atomic E-state index is 4.78. The van der Waals surface area contributed by atoms with Crippen LogP contribution in [0.1, 0.15) is 19.8 Å². The Morgan fingerprint density at radius 3 is 2.63 bits per heavy atom. The molecule has 2 aliphatic rings. The summed E-state index contributed by atoms with van der Waals surface area (Å²) in [5.41, 5.74) is 0. The van der Waals surface area contributed by atoms with Gasteiger partial charge in [-0.25, -0.2) is 4.98 Å². The van der Waals surface area contributed by atoms with Crippen molar-refractivity contribution in [1.82, 2.24) is 14.9 Å². The van der Waals surface area contributed by atoms with E-state index in [0.29, 0.717) is 6.04 Å². The van der Waals surface area contributed by atoms with Gasteiger partial charge in [0.05, 0.1) is 0 Å². The van der Waals surface area contributed by atoms with E-state index in [1.54, 1.807) is 0 Å². The van der Waals surface area contributed by atoms with Gasteiger partial charge < -0.3 is 14.7 Å². The van der Waals surface area contributed by atoms with Gasteiger partial charge in [0.25, 0.3) is 0 Å². The molecule has 0 spiro atoms. The molecule has 1 unspecified atom stereocenters. The van der Waals surface area contributed by atoms with Gasteiger partial charge in [-0.2, -0.15) is 4.98 Å². The van der Waals surface area contributed by atoms with Crippen molar-refractivity contribution in [2.45, 2.75) is 25.8 Å². The lowest BCUT2D eigenvalue weighted by Gasteiger charge is -2.33. The van der Waals surface area contributed by atoms with E-state index in [4.69, 9.17) is 4.98 Å². The maximum absolute atomic E-state index is 4.78. The summed E-state index contributed by atoms with van der Waals surface area (Å²) in [5, 5.41) is 0. The Labute approximate surface area is 115 Å². The molecule has 2 fully saturated rings. The summed E-state index contributed by atoms with van der Waals surface area (Å²) in [6.07, 6.45) is 4.45. The summed E-state index contributed by atoms with van der Waals surface area (Å²) in [6.45, 7) is 7.64. The number of hydrogen-bond donors (Lipinski definition) is 0. The Bertz CT molecular complexity index is 428. The van der Waals surface area contributed by atoms with E-state index in [1.807, 2.05) is 12.3 Å². The maximum Gasteiger partial charge on any atom is 0.227 e. The molecule has 3 heterocycles. The van der Waals surface area contributed by atoms with Crippen molar-refractivity contribution in [2.75, 3.05) is 49.6 Å². The molecule has 1 aromatic rings. The van der Waals surface area contributed by atoms with Gasteiger partial charge in [-0.15, -0.1) is 0 Å². The van der Waals surface area contributed by atoms with E-state index >= 15 is 0 Å². The lowest BCUT2D eigenvalue weighted by Crippen LogP contribution is -2.45. The van der Waals surface area contributed by atoms with Crippen LogP contribution >= 0.6 is 0 Å². The molecule has 5 heteroatoms. The summed E-state index contributed by atoms with van der Waals surface area (Å²) in [4.78, 5) is 16.3. The largest absolute Gasteiger partial charge is 0.354 e. The van der Waals surface area contributed by atoms with Crippen LogP contribution in [-0.4, -0.2) is 60.7 Å². The number of hydrogen-bond acceptors (Lipinski definition) is 5. The van der Waals surface area contributed by atoms with E-state index in [-0.39, 0.29) is 0 Å². The lowest BCUT2D eigenvalue weighted by atomic mass is 10.2. The molecule has 0 bridgehead atoms. The number of aromatic nitrogens is 2. The molecule has 0 saturated carbocycles. The van der Waals surface area contributed by atoms with Gasteiger partial charge in [-0.1, -0.05) is 0 Å². The summed E-state index contributed by atoms with van der Waals surface area (Å²) < 4.78 is 0. The van der Waals surface area contributed by atoms with E-state index in [9.17, 15) is 0 Å². The number of anilines is 2. The first-order chi connectivity index (χ1) is 9.24. The van der Waals surface area contributed by atoms with Gasteiger partial charge in [-0.05, 0) is 32.9 Å². The Balaban J connectivity index is 1.76. The van der Waals surface area contributed by atoms with Crippen LogP contribution < -0.4 is 9.80 Å². The van der Waals surface area contributed by atoms with Gasteiger partial charge in [0, 0.05) is 45.0 Å². The minimum atomic E-state index is 0.607. The topological polar surface area (TPSA) is 35.5 Å². The van der Waals surface area contributed by atoms with Crippen molar-refractivity contribution in [3.8, 4) is 0 Å². The first-order valence-corrected chi connectivity index (χ1v) is 7.27. The molecule has 1 atom stereocenters. The van der Waals surface area contributed by atoms with Crippen LogP contribution in [0.5, 0.6) is 0 Å². The molecule has 19 heavy (non-hydrogen) atoms. The zero-order chi connectivity index (χ0) is 13.2. The second-order valence-corrected chi connectivity index (χ2v) is 5.69. The average molecular weight is 261 g/mol. The number of piperazine rings is 1. The Morgan fingerprint density at radius 2 is 1.95 bits per heavy atom. The fourth-order valence-corrected chi connectivity index (χ4v) is 2.93. The number of likely N-dealkylation sites (N-methyl/N-ethyl adjacent to an activating group) is 1. The molecule has 2 aliphatic heterocycles. The molecular formula is C14H23N5. The number of nitrogens with zero attached hydrogens (tertiary/aromatic N) is 5. The highest BCUT2D eigenvalue weighted by atomic mass is 15.3. The molecule has 0 aliphatic carbocycles.